The highest BCUT2D eigenvalue weighted by molar-refractivity contribution is 14.1. The Hall–Kier alpha value is -2.09. The van der Waals surface area contributed by atoms with Crippen molar-refractivity contribution in [1.29, 1.82) is 0 Å². The van der Waals surface area contributed by atoms with Crippen molar-refractivity contribution in [2.45, 2.75) is 50.4 Å². The van der Waals surface area contributed by atoms with E-state index in [1.165, 1.54) is 6.42 Å². The average molecular weight is 507 g/mol. The first-order valence-corrected chi connectivity index (χ1v) is 11.2. The topological polar surface area (TPSA) is 81.1 Å². The van der Waals surface area contributed by atoms with Gasteiger partial charge >= 0.3 is 5.97 Å². The third kappa shape index (κ3) is 7.34. The molecule has 2 rings (SSSR count). The van der Waals surface area contributed by atoms with Gasteiger partial charge in [-0.1, -0.05) is 60.7 Å². The molecule has 0 aliphatic carbocycles. The zero-order valence-corrected chi connectivity index (χ0v) is 19.5. The number of hydrogen-bond donors (Lipinski definition) is 2. The van der Waals surface area contributed by atoms with Crippen LogP contribution < -0.4 is 5.73 Å². The van der Waals surface area contributed by atoms with Crippen LogP contribution in [0.2, 0.25) is 0 Å². The van der Waals surface area contributed by atoms with Crippen molar-refractivity contribution in [2.75, 3.05) is 5.73 Å². The predicted octanol–water partition coefficient (Wildman–Crippen LogP) is 5.81. The van der Waals surface area contributed by atoms with E-state index in [2.05, 4.69) is 48.6 Å². The van der Waals surface area contributed by atoms with Crippen LogP contribution >= 0.6 is 22.6 Å². The first-order chi connectivity index (χ1) is 13.8. The van der Waals surface area contributed by atoms with Crippen LogP contribution in [0.3, 0.4) is 0 Å². The highest BCUT2D eigenvalue weighted by atomic mass is 127. The lowest BCUT2D eigenvalue weighted by molar-refractivity contribution is -0.136. The minimum Gasteiger partial charge on any atom is -0.481 e. The summed E-state index contributed by atoms with van der Waals surface area (Å²) in [4.78, 5) is 11.0. The molecular weight excluding hydrogens is 477 g/mol. The molecule has 6 heteroatoms. The monoisotopic (exact) mass is 507 g/mol. The third-order valence-electron chi connectivity index (χ3n) is 4.49. The van der Waals surface area contributed by atoms with Gasteiger partial charge in [-0.25, -0.2) is 4.68 Å². The fourth-order valence-corrected chi connectivity index (χ4v) is 4.43. The van der Waals surface area contributed by atoms with Gasteiger partial charge in [-0.15, -0.1) is 0 Å². The van der Waals surface area contributed by atoms with Crippen LogP contribution in [0, 0.1) is 5.92 Å². The van der Waals surface area contributed by atoms with Crippen LogP contribution in [0.5, 0.6) is 0 Å². The van der Waals surface area contributed by atoms with E-state index in [0.29, 0.717) is 22.0 Å². The van der Waals surface area contributed by atoms with Crippen molar-refractivity contribution < 1.29 is 9.90 Å². The highest BCUT2D eigenvalue weighted by Crippen LogP contribution is 2.27. The van der Waals surface area contributed by atoms with E-state index in [-0.39, 0.29) is 6.42 Å². The standard InChI is InChI=1S/C23H30IN3O2/c1-4-21(10-6-8-18(24)13-16(2)3)27-22(17-7-5-9-19(25)14-17)15-20(26-27)11-12-23(28)29/h4-7,9-10,14-16,18H,8,11-13,25H2,1-3H3,(H,28,29)/b10-6-,21-4+. The van der Waals surface area contributed by atoms with Crippen molar-refractivity contribution in [2.24, 2.45) is 5.92 Å². The Bertz CT molecular complexity index is 884. The van der Waals surface area contributed by atoms with Crippen molar-refractivity contribution in [3.63, 3.8) is 0 Å². The van der Waals surface area contributed by atoms with Crippen LogP contribution in [-0.2, 0) is 11.2 Å². The normalized spacial score (nSPS) is 13.3. The number of aliphatic carboxylic acids is 1. The number of alkyl halides is 1. The summed E-state index contributed by atoms with van der Waals surface area (Å²) < 4.78 is 2.48. The van der Waals surface area contributed by atoms with Crippen LogP contribution in [0.25, 0.3) is 17.0 Å². The summed E-state index contributed by atoms with van der Waals surface area (Å²) in [7, 11) is 0. The Labute approximate surface area is 186 Å². The molecule has 29 heavy (non-hydrogen) atoms. The molecule has 2 aromatic rings. The minimum absolute atomic E-state index is 0.0557. The zero-order chi connectivity index (χ0) is 21.4. The molecule has 0 bridgehead atoms. The SMILES string of the molecule is C/C=C(\C=C/CC(I)CC(C)C)n1nc(CCC(=O)O)cc1-c1cccc(N)c1. The summed E-state index contributed by atoms with van der Waals surface area (Å²) in [6.07, 6.45) is 8.93. The Morgan fingerprint density at radius 2 is 2.10 bits per heavy atom. The first kappa shape index (κ1) is 23.2. The summed E-state index contributed by atoms with van der Waals surface area (Å²) in [6.45, 7) is 6.47. The van der Waals surface area contributed by atoms with Gasteiger partial charge in [0.05, 0.1) is 23.5 Å². The summed E-state index contributed by atoms with van der Waals surface area (Å²) >= 11 is 2.51. The molecule has 3 N–H and O–H groups in total. The fraction of sp³-hybridized carbons (Fsp3) is 0.391. The van der Waals surface area contributed by atoms with Gasteiger partial charge in [0.15, 0.2) is 0 Å². The molecular formula is C23H30IN3O2. The van der Waals surface area contributed by atoms with E-state index in [9.17, 15) is 4.79 Å². The van der Waals surface area contributed by atoms with E-state index < -0.39 is 5.97 Å². The van der Waals surface area contributed by atoms with E-state index in [1.54, 1.807) is 0 Å². The van der Waals surface area contributed by atoms with Gasteiger partial charge in [-0.3, -0.25) is 4.79 Å². The third-order valence-corrected chi connectivity index (χ3v) is 5.50. The van der Waals surface area contributed by atoms with Gasteiger partial charge in [-0.2, -0.15) is 5.10 Å². The Kier molecular flexibility index (Phi) is 8.95. The number of rotatable bonds is 10. The summed E-state index contributed by atoms with van der Waals surface area (Å²) in [6, 6.07) is 9.62. The average Bonchev–Trinajstić information content (AvgIpc) is 3.07. The molecule has 0 fully saturated rings. The molecule has 1 heterocycles. The van der Waals surface area contributed by atoms with Crippen LogP contribution in [0.1, 0.15) is 45.7 Å². The number of carbonyl (C=O) groups is 1. The number of nitrogens with two attached hydrogens (primary N) is 1. The molecule has 0 radical (unpaired) electrons. The zero-order valence-electron chi connectivity index (χ0n) is 17.3. The number of carboxylic acids is 1. The lowest BCUT2D eigenvalue weighted by Gasteiger charge is -2.11. The number of hydrogen-bond acceptors (Lipinski definition) is 3. The molecule has 1 aromatic heterocycles. The molecule has 0 saturated heterocycles. The maximum Gasteiger partial charge on any atom is 0.303 e. The number of aromatic nitrogens is 2. The molecule has 156 valence electrons. The van der Waals surface area contributed by atoms with Crippen LogP contribution in [0.15, 0.2) is 48.6 Å². The molecule has 5 nitrogen and oxygen atoms in total. The van der Waals surface area contributed by atoms with E-state index in [4.69, 9.17) is 15.9 Å². The molecule has 1 atom stereocenters. The lowest BCUT2D eigenvalue weighted by Crippen LogP contribution is -2.03. The van der Waals surface area contributed by atoms with Crippen molar-refractivity contribution in [1.82, 2.24) is 9.78 Å². The van der Waals surface area contributed by atoms with Gasteiger partial charge in [0, 0.05) is 21.6 Å². The van der Waals surface area contributed by atoms with Crippen LogP contribution in [0.4, 0.5) is 5.69 Å². The van der Waals surface area contributed by atoms with E-state index in [0.717, 1.165) is 29.1 Å². The number of aryl methyl sites for hydroxylation is 1. The number of nitrogen functional groups attached to an aromatic ring is 1. The highest BCUT2D eigenvalue weighted by Gasteiger charge is 2.13. The first-order valence-electron chi connectivity index (χ1n) is 9.94. The molecule has 1 unspecified atom stereocenters. The van der Waals surface area contributed by atoms with Crippen LogP contribution in [-0.4, -0.2) is 24.8 Å². The van der Waals surface area contributed by atoms with Crippen molar-refractivity contribution in [3.8, 4) is 11.3 Å². The number of carboxylic acid groups (broad SMARTS) is 1. The summed E-state index contributed by atoms with van der Waals surface area (Å²) in [5.74, 6) is -0.140. The van der Waals surface area contributed by atoms with Crippen molar-refractivity contribution >= 4 is 39.9 Å². The predicted molar refractivity (Wildman–Crippen MR) is 129 cm³/mol. The smallest absolute Gasteiger partial charge is 0.303 e. The molecule has 0 saturated carbocycles. The molecule has 0 spiro atoms. The minimum atomic E-state index is -0.825. The molecule has 0 aliphatic rings. The van der Waals surface area contributed by atoms with Gasteiger partial charge in [0.25, 0.3) is 0 Å². The number of allylic oxidation sites excluding steroid dienone is 4. The Morgan fingerprint density at radius 1 is 1.34 bits per heavy atom. The quantitative estimate of drug-likeness (QED) is 0.184. The summed E-state index contributed by atoms with van der Waals surface area (Å²) in [5, 5.41) is 13.7. The largest absolute Gasteiger partial charge is 0.481 e. The number of anilines is 1. The van der Waals surface area contributed by atoms with Gasteiger partial charge in [0.1, 0.15) is 0 Å². The maximum atomic E-state index is 11.0. The van der Waals surface area contributed by atoms with Gasteiger partial charge in [0.2, 0.25) is 0 Å². The second-order valence-corrected chi connectivity index (χ2v) is 9.29. The second-order valence-electron chi connectivity index (χ2n) is 7.53. The molecule has 0 amide bonds. The second kappa shape index (κ2) is 11.2. The molecule has 1 aromatic carbocycles. The lowest BCUT2D eigenvalue weighted by atomic mass is 10.1. The van der Waals surface area contributed by atoms with E-state index >= 15 is 0 Å². The Balaban J connectivity index is 2.33. The Morgan fingerprint density at radius 3 is 2.72 bits per heavy atom. The number of nitrogens with zero attached hydrogens (tertiary/aromatic N) is 2. The van der Waals surface area contributed by atoms with Crippen molar-refractivity contribution in [3.05, 3.63) is 54.3 Å². The number of benzene rings is 1. The summed E-state index contributed by atoms with van der Waals surface area (Å²) in [5.41, 5.74) is 10.2. The fourth-order valence-electron chi connectivity index (χ4n) is 3.12. The molecule has 0 aliphatic heterocycles. The van der Waals surface area contributed by atoms with E-state index in [1.807, 2.05) is 48.0 Å². The number of halogens is 1. The van der Waals surface area contributed by atoms with Gasteiger partial charge in [-0.05, 0) is 50.0 Å². The van der Waals surface area contributed by atoms with Gasteiger partial charge < -0.3 is 10.8 Å². The maximum absolute atomic E-state index is 11.0.